The molecule has 1 fully saturated rings. The minimum Gasteiger partial charge on any atom is -0.300 e. The Kier molecular flexibility index (Phi) is 3.41. The van der Waals surface area contributed by atoms with Crippen LogP contribution in [0.2, 0.25) is 0 Å². The molecule has 0 radical (unpaired) electrons. The molecule has 0 spiro atoms. The number of halogens is 1. The third kappa shape index (κ3) is 2.33. The maximum atomic E-state index is 3.50. The van der Waals surface area contributed by atoms with Gasteiger partial charge in [-0.1, -0.05) is 35.0 Å². The van der Waals surface area contributed by atoms with Crippen molar-refractivity contribution in [3.63, 3.8) is 0 Å². The zero-order chi connectivity index (χ0) is 11.8. The molecule has 16 heavy (non-hydrogen) atoms. The summed E-state index contributed by atoms with van der Waals surface area (Å²) in [6.07, 6.45) is 1.27. The van der Waals surface area contributed by atoms with Crippen molar-refractivity contribution in [2.24, 2.45) is 0 Å². The van der Waals surface area contributed by atoms with E-state index in [-0.39, 0.29) is 0 Å². The number of benzene rings is 1. The number of nitrogens with zero attached hydrogens (tertiary/aromatic N) is 1. The van der Waals surface area contributed by atoms with Gasteiger partial charge in [0.15, 0.2) is 0 Å². The molecule has 0 saturated carbocycles. The van der Waals surface area contributed by atoms with Gasteiger partial charge >= 0.3 is 0 Å². The summed E-state index contributed by atoms with van der Waals surface area (Å²) in [5.74, 6) is 0. The van der Waals surface area contributed by atoms with Gasteiger partial charge in [0.1, 0.15) is 0 Å². The molecule has 1 aromatic carbocycles. The number of rotatable bonds is 2. The lowest BCUT2D eigenvalue weighted by atomic mass is 9.82. The lowest BCUT2D eigenvalue weighted by Gasteiger charge is -2.27. The number of hydrogen-bond acceptors (Lipinski definition) is 1. The molecule has 0 amide bonds. The van der Waals surface area contributed by atoms with Crippen LogP contribution in [-0.4, -0.2) is 24.0 Å². The molecule has 1 atom stereocenters. The Balaban J connectivity index is 2.18. The van der Waals surface area contributed by atoms with Crippen molar-refractivity contribution in [2.75, 3.05) is 13.1 Å². The van der Waals surface area contributed by atoms with Crippen LogP contribution in [0.3, 0.4) is 0 Å². The van der Waals surface area contributed by atoms with Crippen molar-refractivity contribution in [2.45, 2.75) is 38.6 Å². The fourth-order valence-electron chi connectivity index (χ4n) is 2.53. The van der Waals surface area contributed by atoms with Gasteiger partial charge in [-0.3, -0.25) is 0 Å². The molecule has 88 valence electrons. The highest BCUT2D eigenvalue weighted by molar-refractivity contribution is 9.10. The van der Waals surface area contributed by atoms with Crippen molar-refractivity contribution in [1.29, 1.82) is 0 Å². The zero-order valence-corrected chi connectivity index (χ0v) is 11.9. The van der Waals surface area contributed by atoms with E-state index in [0.29, 0.717) is 11.5 Å². The molecular formula is C14H20BrN. The summed E-state index contributed by atoms with van der Waals surface area (Å²) in [6.45, 7) is 9.37. The Morgan fingerprint density at radius 1 is 1.25 bits per heavy atom. The topological polar surface area (TPSA) is 3.24 Å². The minimum absolute atomic E-state index is 0.338. The molecule has 1 heterocycles. The van der Waals surface area contributed by atoms with E-state index >= 15 is 0 Å². The molecule has 0 aliphatic carbocycles. The van der Waals surface area contributed by atoms with Crippen LogP contribution in [0.1, 0.15) is 32.8 Å². The van der Waals surface area contributed by atoms with Crippen molar-refractivity contribution in [1.82, 2.24) is 4.90 Å². The van der Waals surface area contributed by atoms with Gasteiger partial charge in [0.05, 0.1) is 0 Å². The standard InChI is InChI=1S/C14H20BrN/c1-11(2)16-9-8-14(3,10-16)12-4-6-13(15)7-5-12/h4-7,11H,8-10H2,1-3H3/t14-/m0/s1. The quantitative estimate of drug-likeness (QED) is 0.797. The molecule has 1 nitrogen and oxygen atoms in total. The predicted molar refractivity (Wildman–Crippen MR) is 72.8 cm³/mol. The highest BCUT2D eigenvalue weighted by Gasteiger charge is 2.35. The van der Waals surface area contributed by atoms with Crippen molar-refractivity contribution in [3.8, 4) is 0 Å². The molecule has 1 aromatic rings. The second-order valence-electron chi connectivity index (χ2n) is 5.38. The van der Waals surface area contributed by atoms with Gasteiger partial charge in [0, 0.05) is 22.5 Å². The predicted octanol–water partition coefficient (Wildman–Crippen LogP) is 3.82. The lowest BCUT2D eigenvalue weighted by Crippen LogP contribution is -2.32. The molecule has 0 unspecified atom stereocenters. The van der Waals surface area contributed by atoms with E-state index in [4.69, 9.17) is 0 Å². The Morgan fingerprint density at radius 3 is 2.38 bits per heavy atom. The minimum atomic E-state index is 0.338. The van der Waals surface area contributed by atoms with Crippen LogP contribution in [0.5, 0.6) is 0 Å². The lowest BCUT2D eigenvalue weighted by molar-refractivity contribution is 0.260. The molecule has 1 aliphatic heterocycles. The van der Waals surface area contributed by atoms with Crippen molar-refractivity contribution < 1.29 is 0 Å². The summed E-state index contributed by atoms with van der Waals surface area (Å²) in [5.41, 5.74) is 1.81. The summed E-state index contributed by atoms with van der Waals surface area (Å²) >= 11 is 3.50. The van der Waals surface area contributed by atoms with Crippen LogP contribution in [0.4, 0.5) is 0 Å². The van der Waals surface area contributed by atoms with E-state index in [1.54, 1.807) is 0 Å². The van der Waals surface area contributed by atoms with Gasteiger partial charge in [0.25, 0.3) is 0 Å². The molecular weight excluding hydrogens is 262 g/mol. The Bertz CT molecular complexity index is 358. The average Bonchev–Trinajstić information content (AvgIpc) is 2.63. The van der Waals surface area contributed by atoms with Crippen molar-refractivity contribution >= 4 is 15.9 Å². The molecule has 1 aliphatic rings. The summed E-state index contributed by atoms with van der Waals surface area (Å²) in [5, 5.41) is 0. The summed E-state index contributed by atoms with van der Waals surface area (Å²) in [4.78, 5) is 2.57. The van der Waals surface area contributed by atoms with E-state index in [2.05, 4.69) is 65.9 Å². The first-order valence-corrected chi connectivity index (χ1v) is 6.81. The monoisotopic (exact) mass is 281 g/mol. The van der Waals surface area contributed by atoms with Crippen LogP contribution in [0.25, 0.3) is 0 Å². The summed E-state index contributed by atoms with van der Waals surface area (Å²) < 4.78 is 1.17. The van der Waals surface area contributed by atoms with Crippen LogP contribution >= 0.6 is 15.9 Å². The Morgan fingerprint density at radius 2 is 1.88 bits per heavy atom. The van der Waals surface area contributed by atoms with E-state index in [9.17, 15) is 0 Å². The highest BCUT2D eigenvalue weighted by atomic mass is 79.9. The number of likely N-dealkylation sites (tertiary alicyclic amines) is 1. The van der Waals surface area contributed by atoms with E-state index in [0.717, 1.165) is 0 Å². The van der Waals surface area contributed by atoms with Crippen LogP contribution < -0.4 is 0 Å². The first-order chi connectivity index (χ1) is 7.51. The van der Waals surface area contributed by atoms with Crippen LogP contribution in [0.15, 0.2) is 28.7 Å². The smallest absolute Gasteiger partial charge is 0.0175 e. The zero-order valence-electron chi connectivity index (χ0n) is 10.3. The van der Waals surface area contributed by atoms with Gasteiger partial charge in [-0.25, -0.2) is 0 Å². The van der Waals surface area contributed by atoms with E-state index in [1.165, 1.54) is 29.5 Å². The fourth-order valence-corrected chi connectivity index (χ4v) is 2.79. The average molecular weight is 282 g/mol. The Labute approximate surface area is 107 Å². The van der Waals surface area contributed by atoms with Gasteiger partial charge in [-0.2, -0.15) is 0 Å². The first-order valence-electron chi connectivity index (χ1n) is 6.01. The van der Waals surface area contributed by atoms with E-state index < -0.39 is 0 Å². The Hall–Kier alpha value is -0.340. The van der Waals surface area contributed by atoms with Crippen molar-refractivity contribution in [3.05, 3.63) is 34.3 Å². The summed E-state index contributed by atoms with van der Waals surface area (Å²) in [6, 6.07) is 9.48. The molecule has 0 aromatic heterocycles. The highest BCUT2D eigenvalue weighted by Crippen LogP contribution is 2.35. The molecule has 2 rings (SSSR count). The largest absolute Gasteiger partial charge is 0.300 e. The number of hydrogen-bond donors (Lipinski definition) is 0. The molecule has 1 saturated heterocycles. The van der Waals surface area contributed by atoms with Gasteiger partial charge in [0.2, 0.25) is 0 Å². The first kappa shape index (κ1) is 12.1. The third-order valence-corrected chi connectivity index (χ3v) is 4.30. The van der Waals surface area contributed by atoms with Crippen LogP contribution in [-0.2, 0) is 5.41 Å². The third-order valence-electron chi connectivity index (χ3n) is 3.77. The van der Waals surface area contributed by atoms with Gasteiger partial charge < -0.3 is 4.90 Å². The molecule has 2 heteroatoms. The maximum Gasteiger partial charge on any atom is 0.0175 e. The maximum absolute atomic E-state index is 3.50. The van der Waals surface area contributed by atoms with E-state index in [1.807, 2.05) is 0 Å². The van der Waals surface area contributed by atoms with Crippen LogP contribution in [0, 0.1) is 0 Å². The second kappa shape index (κ2) is 4.50. The second-order valence-corrected chi connectivity index (χ2v) is 6.30. The fraction of sp³-hybridized carbons (Fsp3) is 0.571. The summed E-state index contributed by atoms with van der Waals surface area (Å²) in [7, 11) is 0. The SMILES string of the molecule is CC(C)N1CC[C@](C)(c2ccc(Br)cc2)C1. The van der Waals surface area contributed by atoms with Gasteiger partial charge in [-0.05, 0) is 44.5 Å². The van der Waals surface area contributed by atoms with Gasteiger partial charge in [-0.15, -0.1) is 0 Å². The molecule has 0 N–H and O–H groups in total. The molecule has 0 bridgehead atoms. The normalized spacial score (nSPS) is 26.6.